The normalized spacial score (nSPS) is 20.8. The number of aliphatic hydroxyl groups excluding tert-OH is 1. The molecule has 20 heavy (non-hydrogen) atoms. The molecule has 1 saturated heterocycles. The molecule has 6 heteroatoms. The summed E-state index contributed by atoms with van der Waals surface area (Å²) < 4.78 is 39.1. The fraction of sp³-hybridized carbons (Fsp3) is 0.500. The number of alkyl halides is 3. The Balaban J connectivity index is 2.37. The van der Waals surface area contributed by atoms with Gasteiger partial charge in [0.25, 0.3) is 0 Å². The highest BCUT2D eigenvalue weighted by Crippen LogP contribution is 2.39. The summed E-state index contributed by atoms with van der Waals surface area (Å²) in [6, 6.07) is 5.25. The third kappa shape index (κ3) is 2.88. The quantitative estimate of drug-likeness (QED) is 0.908. The van der Waals surface area contributed by atoms with Crippen LogP contribution in [0.1, 0.15) is 24.5 Å². The standard InChI is InChI=1S/C14H15F3N2O/c1-9(20)11-4-5-19(8-11)13-6-10(7-18)2-3-12(13)14(15,16)17/h2-3,6,9,11,20H,4-5,8H2,1H3/t9-,11+/m0/s1. The SMILES string of the molecule is C[C@H](O)[C@@H]1CCN(c2cc(C#N)ccc2C(F)(F)F)C1. The number of anilines is 1. The maximum atomic E-state index is 13.0. The van der Waals surface area contributed by atoms with E-state index in [4.69, 9.17) is 5.26 Å². The molecule has 2 atom stereocenters. The highest BCUT2D eigenvalue weighted by atomic mass is 19.4. The highest BCUT2D eigenvalue weighted by Gasteiger charge is 2.37. The van der Waals surface area contributed by atoms with Gasteiger partial charge < -0.3 is 10.0 Å². The Morgan fingerprint density at radius 1 is 1.45 bits per heavy atom. The van der Waals surface area contributed by atoms with Crippen LogP contribution in [0.2, 0.25) is 0 Å². The molecule has 3 nitrogen and oxygen atoms in total. The lowest BCUT2D eigenvalue weighted by atomic mass is 10.0. The largest absolute Gasteiger partial charge is 0.418 e. The van der Waals surface area contributed by atoms with Gasteiger partial charge in [-0.3, -0.25) is 0 Å². The minimum absolute atomic E-state index is 0.0275. The second kappa shape index (κ2) is 5.33. The van der Waals surface area contributed by atoms with Gasteiger partial charge in [0.1, 0.15) is 0 Å². The fourth-order valence-electron chi connectivity index (χ4n) is 2.50. The minimum Gasteiger partial charge on any atom is -0.393 e. The lowest BCUT2D eigenvalue weighted by Gasteiger charge is -2.24. The van der Waals surface area contributed by atoms with Crippen molar-refractivity contribution in [2.45, 2.75) is 25.6 Å². The molecule has 0 aliphatic carbocycles. The Bertz CT molecular complexity index is 534. The summed E-state index contributed by atoms with van der Waals surface area (Å²) in [4.78, 5) is 1.60. The number of aliphatic hydroxyl groups is 1. The molecule has 0 saturated carbocycles. The zero-order chi connectivity index (χ0) is 14.9. The van der Waals surface area contributed by atoms with Crippen LogP contribution in [0.15, 0.2) is 18.2 Å². The summed E-state index contributed by atoms with van der Waals surface area (Å²) in [7, 11) is 0. The zero-order valence-corrected chi connectivity index (χ0v) is 11.0. The van der Waals surface area contributed by atoms with Crippen molar-refractivity contribution in [1.29, 1.82) is 5.26 Å². The van der Waals surface area contributed by atoms with Crippen molar-refractivity contribution < 1.29 is 18.3 Å². The van der Waals surface area contributed by atoms with Crippen LogP contribution in [0.3, 0.4) is 0 Å². The monoisotopic (exact) mass is 284 g/mol. The van der Waals surface area contributed by atoms with Gasteiger partial charge >= 0.3 is 6.18 Å². The molecule has 0 aromatic heterocycles. The molecule has 0 amide bonds. The van der Waals surface area contributed by atoms with E-state index in [1.165, 1.54) is 12.1 Å². The minimum atomic E-state index is -4.45. The van der Waals surface area contributed by atoms with Gasteiger partial charge in [-0.25, -0.2) is 0 Å². The molecule has 1 N–H and O–H groups in total. The average Bonchev–Trinajstić information content (AvgIpc) is 2.86. The molecular weight excluding hydrogens is 269 g/mol. The lowest BCUT2D eigenvalue weighted by Crippen LogP contribution is -2.26. The van der Waals surface area contributed by atoms with Crippen molar-refractivity contribution in [1.82, 2.24) is 0 Å². The molecular formula is C14H15F3N2O. The van der Waals surface area contributed by atoms with Crippen LogP contribution in [0.25, 0.3) is 0 Å². The average molecular weight is 284 g/mol. The fourth-order valence-corrected chi connectivity index (χ4v) is 2.50. The van der Waals surface area contributed by atoms with E-state index in [0.717, 1.165) is 6.07 Å². The summed E-state index contributed by atoms with van der Waals surface area (Å²) in [5, 5.41) is 18.4. The van der Waals surface area contributed by atoms with Crippen molar-refractivity contribution in [3.63, 3.8) is 0 Å². The molecule has 1 aromatic rings. The Kier molecular flexibility index (Phi) is 3.91. The molecule has 108 valence electrons. The summed E-state index contributed by atoms with van der Waals surface area (Å²) >= 11 is 0. The first-order chi connectivity index (χ1) is 9.32. The predicted octanol–water partition coefficient (Wildman–Crippen LogP) is 2.78. The zero-order valence-electron chi connectivity index (χ0n) is 11.0. The van der Waals surface area contributed by atoms with E-state index < -0.39 is 17.8 Å². The van der Waals surface area contributed by atoms with Crippen LogP contribution in [-0.4, -0.2) is 24.3 Å². The maximum absolute atomic E-state index is 13.0. The molecule has 2 rings (SSSR count). The summed E-state index contributed by atoms with van der Waals surface area (Å²) in [6.45, 7) is 2.47. The van der Waals surface area contributed by atoms with Crippen LogP contribution in [-0.2, 0) is 6.18 Å². The maximum Gasteiger partial charge on any atom is 0.418 e. The Labute approximate surface area is 115 Å². The second-order valence-electron chi connectivity index (χ2n) is 5.08. The first-order valence-corrected chi connectivity index (χ1v) is 6.37. The van der Waals surface area contributed by atoms with Gasteiger partial charge in [0, 0.05) is 19.0 Å². The Morgan fingerprint density at radius 3 is 2.65 bits per heavy atom. The number of halogens is 3. The van der Waals surface area contributed by atoms with E-state index in [1.807, 2.05) is 6.07 Å². The van der Waals surface area contributed by atoms with Crippen LogP contribution in [0.5, 0.6) is 0 Å². The lowest BCUT2D eigenvalue weighted by molar-refractivity contribution is -0.137. The van der Waals surface area contributed by atoms with Crippen molar-refractivity contribution >= 4 is 5.69 Å². The van der Waals surface area contributed by atoms with E-state index in [0.29, 0.717) is 19.5 Å². The Morgan fingerprint density at radius 2 is 2.15 bits per heavy atom. The number of benzene rings is 1. The molecule has 1 aliphatic rings. The smallest absolute Gasteiger partial charge is 0.393 e. The van der Waals surface area contributed by atoms with Gasteiger partial charge in [-0.15, -0.1) is 0 Å². The van der Waals surface area contributed by atoms with Crippen molar-refractivity contribution in [2.75, 3.05) is 18.0 Å². The van der Waals surface area contributed by atoms with Crippen molar-refractivity contribution in [3.05, 3.63) is 29.3 Å². The van der Waals surface area contributed by atoms with Crippen molar-refractivity contribution in [2.24, 2.45) is 5.92 Å². The van der Waals surface area contributed by atoms with E-state index in [9.17, 15) is 18.3 Å². The molecule has 0 bridgehead atoms. The van der Waals surface area contributed by atoms with Gasteiger partial charge in [-0.1, -0.05) is 0 Å². The summed E-state index contributed by atoms with van der Waals surface area (Å²) in [5.41, 5.74) is -0.504. The van der Waals surface area contributed by atoms with Gasteiger partial charge in [-0.05, 0) is 31.5 Å². The van der Waals surface area contributed by atoms with E-state index in [1.54, 1.807) is 11.8 Å². The second-order valence-corrected chi connectivity index (χ2v) is 5.08. The van der Waals surface area contributed by atoms with Crippen LogP contribution in [0.4, 0.5) is 18.9 Å². The van der Waals surface area contributed by atoms with Crippen molar-refractivity contribution in [3.8, 4) is 6.07 Å². The molecule has 1 aliphatic heterocycles. The topological polar surface area (TPSA) is 47.3 Å². The Hall–Kier alpha value is -1.74. The van der Waals surface area contributed by atoms with Gasteiger partial charge in [0.05, 0.1) is 29.0 Å². The predicted molar refractivity (Wildman–Crippen MR) is 68.2 cm³/mol. The number of hydrogen-bond acceptors (Lipinski definition) is 3. The van der Waals surface area contributed by atoms with E-state index in [2.05, 4.69) is 0 Å². The number of hydrogen-bond donors (Lipinski definition) is 1. The summed E-state index contributed by atoms with van der Waals surface area (Å²) in [5.74, 6) is -0.0400. The highest BCUT2D eigenvalue weighted by molar-refractivity contribution is 5.59. The van der Waals surface area contributed by atoms with Gasteiger partial charge in [0.15, 0.2) is 0 Å². The number of rotatable bonds is 2. The molecule has 0 unspecified atom stereocenters. The third-order valence-corrected chi connectivity index (χ3v) is 3.68. The molecule has 0 radical (unpaired) electrons. The molecule has 1 heterocycles. The first kappa shape index (κ1) is 14.7. The van der Waals surface area contributed by atoms with Gasteiger partial charge in [-0.2, -0.15) is 18.4 Å². The van der Waals surface area contributed by atoms with Crippen LogP contribution in [0, 0.1) is 17.2 Å². The van der Waals surface area contributed by atoms with E-state index in [-0.39, 0.29) is 17.2 Å². The number of nitriles is 1. The third-order valence-electron chi connectivity index (χ3n) is 3.68. The molecule has 1 fully saturated rings. The van der Waals surface area contributed by atoms with Crippen LogP contribution >= 0.6 is 0 Å². The number of nitrogens with zero attached hydrogens (tertiary/aromatic N) is 2. The molecule has 0 spiro atoms. The van der Waals surface area contributed by atoms with E-state index >= 15 is 0 Å². The first-order valence-electron chi connectivity index (χ1n) is 6.37. The van der Waals surface area contributed by atoms with Crippen LogP contribution < -0.4 is 4.90 Å². The van der Waals surface area contributed by atoms with Gasteiger partial charge in [0.2, 0.25) is 0 Å². The summed E-state index contributed by atoms with van der Waals surface area (Å²) in [6.07, 6.45) is -4.36. The molecule has 1 aromatic carbocycles.